The largest absolute Gasteiger partial charge is 0.507 e. The first-order valence-corrected chi connectivity index (χ1v) is 12.1. The van der Waals surface area contributed by atoms with Gasteiger partial charge in [0.2, 0.25) is 0 Å². The first-order valence-electron chi connectivity index (χ1n) is 12.1. The van der Waals surface area contributed by atoms with Crippen LogP contribution in [0.1, 0.15) is 45.9 Å². The molecule has 0 aliphatic heterocycles. The van der Waals surface area contributed by atoms with Gasteiger partial charge in [0, 0.05) is 23.7 Å². The molecule has 1 aromatic heterocycles. The molecule has 0 saturated heterocycles. The van der Waals surface area contributed by atoms with Crippen LogP contribution in [0.4, 0.5) is 10.5 Å². The Morgan fingerprint density at radius 2 is 1.86 bits per heavy atom. The van der Waals surface area contributed by atoms with Gasteiger partial charge in [-0.3, -0.25) is 4.79 Å². The van der Waals surface area contributed by atoms with Crippen LogP contribution in [-0.2, 0) is 6.54 Å². The molecule has 0 bridgehead atoms. The lowest BCUT2D eigenvalue weighted by Gasteiger charge is -2.10. The quantitative estimate of drug-likeness (QED) is 0.295. The number of carbonyl (C=O) groups excluding carboxylic acids is 2. The molecular weight excluding hydrogens is 468 g/mol. The molecule has 5 rings (SSSR count). The summed E-state index contributed by atoms with van der Waals surface area (Å²) < 4.78 is 6.68. The lowest BCUT2D eigenvalue weighted by Crippen LogP contribution is -2.30. The first-order chi connectivity index (χ1) is 17.9. The van der Waals surface area contributed by atoms with Crippen molar-refractivity contribution in [1.82, 2.24) is 15.1 Å². The van der Waals surface area contributed by atoms with Gasteiger partial charge in [-0.15, -0.1) is 0 Å². The van der Waals surface area contributed by atoms with Crippen LogP contribution in [0.5, 0.6) is 11.5 Å². The fraction of sp³-hybridized carbons (Fsp3) is 0.207. The van der Waals surface area contributed by atoms with Crippen molar-refractivity contribution in [2.75, 3.05) is 12.4 Å². The van der Waals surface area contributed by atoms with E-state index in [9.17, 15) is 14.7 Å². The smallest absolute Gasteiger partial charge is 0.342 e. The summed E-state index contributed by atoms with van der Waals surface area (Å²) in [5.41, 5.74) is 4.69. The number of anilines is 1. The zero-order chi connectivity index (χ0) is 25.9. The van der Waals surface area contributed by atoms with Gasteiger partial charge in [-0.25, -0.2) is 4.79 Å². The van der Waals surface area contributed by atoms with Crippen molar-refractivity contribution in [3.05, 3.63) is 95.2 Å². The number of carbonyl (C=O) groups is 2. The molecule has 1 fully saturated rings. The van der Waals surface area contributed by atoms with Crippen LogP contribution in [0.15, 0.2) is 72.8 Å². The molecule has 8 heteroatoms. The number of nitrogens with zero attached hydrogens (tertiary/aromatic N) is 2. The fourth-order valence-electron chi connectivity index (χ4n) is 4.28. The predicted molar refractivity (Wildman–Crippen MR) is 141 cm³/mol. The second-order valence-electron chi connectivity index (χ2n) is 9.17. The van der Waals surface area contributed by atoms with E-state index in [1.807, 2.05) is 37.3 Å². The van der Waals surface area contributed by atoms with E-state index in [0.717, 1.165) is 29.7 Å². The molecule has 37 heavy (non-hydrogen) atoms. The summed E-state index contributed by atoms with van der Waals surface area (Å²) in [6, 6.07) is 21.2. The van der Waals surface area contributed by atoms with Crippen LogP contribution in [0.3, 0.4) is 0 Å². The maximum absolute atomic E-state index is 13.1. The molecule has 0 atom stereocenters. The Balaban J connectivity index is 1.39. The van der Waals surface area contributed by atoms with Crippen molar-refractivity contribution in [2.45, 2.75) is 32.2 Å². The van der Waals surface area contributed by atoms with Crippen molar-refractivity contribution in [3.8, 4) is 22.8 Å². The summed E-state index contributed by atoms with van der Waals surface area (Å²) in [4.78, 5) is 25.9. The zero-order valence-corrected chi connectivity index (χ0v) is 20.7. The molecule has 3 aromatic carbocycles. The van der Waals surface area contributed by atoms with Crippen LogP contribution in [0.25, 0.3) is 11.3 Å². The van der Waals surface area contributed by atoms with Gasteiger partial charge in [0.15, 0.2) is 0 Å². The van der Waals surface area contributed by atoms with Gasteiger partial charge in [0.25, 0.3) is 5.91 Å². The van der Waals surface area contributed by atoms with Gasteiger partial charge in [-0.2, -0.15) is 9.78 Å². The third-order valence-corrected chi connectivity index (χ3v) is 6.33. The molecule has 4 aromatic rings. The highest BCUT2D eigenvalue weighted by Crippen LogP contribution is 2.42. The number of phenolic OH excluding ortho intramolecular Hbond substituents is 1. The number of aromatic nitrogens is 2. The fourth-order valence-corrected chi connectivity index (χ4v) is 4.28. The van der Waals surface area contributed by atoms with Crippen LogP contribution in [0, 0.1) is 6.92 Å². The van der Waals surface area contributed by atoms with E-state index in [-0.39, 0.29) is 23.6 Å². The number of hydrogen-bond donors (Lipinski definition) is 3. The van der Waals surface area contributed by atoms with Gasteiger partial charge < -0.3 is 20.5 Å². The molecule has 1 saturated carbocycles. The molecule has 0 radical (unpaired) electrons. The molecule has 3 N–H and O–H groups in total. The van der Waals surface area contributed by atoms with E-state index in [1.165, 1.54) is 17.9 Å². The number of rotatable bonds is 7. The summed E-state index contributed by atoms with van der Waals surface area (Å²) >= 11 is 0. The number of para-hydroxylation sites is 1. The average Bonchev–Trinajstić information content (AvgIpc) is 3.66. The van der Waals surface area contributed by atoms with E-state index in [4.69, 9.17) is 4.74 Å². The topological polar surface area (TPSA) is 105 Å². The van der Waals surface area contributed by atoms with E-state index in [1.54, 1.807) is 36.4 Å². The maximum Gasteiger partial charge on any atom is 0.342 e. The Morgan fingerprint density at radius 1 is 1.05 bits per heavy atom. The summed E-state index contributed by atoms with van der Waals surface area (Å²) in [7, 11) is 1.51. The molecule has 0 unspecified atom stereocenters. The highest BCUT2D eigenvalue weighted by atomic mass is 16.5. The number of benzene rings is 3. The van der Waals surface area contributed by atoms with Crippen LogP contribution < -0.4 is 15.4 Å². The molecule has 8 nitrogen and oxygen atoms in total. The molecule has 1 aliphatic rings. The van der Waals surface area contributed by atoms with Crippen LogP contribution in [0.2, 0.25) is 0 Å². The van der Waals surface area contributed by atoms with E-state index in [2.05, 4.69) is 15.7 Å². The van der Waals surface area contributed by atoms with E-state index in [0.29, 0.717) is 34.8 Å². The lowest BCUT2D eigenvalue weighted by molar-refractivity contribution is 0.102. The van der Waals surface area contributed by atoms with Gasteiger partial charge in [0.05, 0.1) is 24.1 Å². The monoisotopic (exact) mass is 496 g/mol. The number of methoxy groups -OCH3 is 1. The number of ether oxygens (including phenoxy) is 1. The third kappa shape index (κ3) is 5.33. The molecule has 2 amide bonds. The summed E-state index contributed by atoms with van der Waals surface area (Å²) in [5, 5.41) is 21.0. The Kier molecular flexibility index (Phi) is 6.64. The average molecular weight is 497 g/mol. The van der Waals surface area contributed by atoms with E-state index >= 15 is 0 Å². The van der Waals surface area contributed by atoms with E-state index < -0.39 is 0 Å². The normalized spacial score (nSPS) is 12.7. The first kappa shape index (κ1) is 24.1. The molecule has 0 spiro atoms. The number of amides is 2. The number of hydrogen-bond acceptors (Lipinski definition) is 5. The number of nitrogens with one attached hydrogen (secondary N) is 2. The number of aromatic hydroxyl groups is 1. The second-order valence-corrected chi connectivity index (χ2v) is 9.17. The summed E-state index contributed by atoms with van der Waals surface area (Å²) in [6.45, 7) is 2.39. The Labute approximate surface area is 214 Å². The predicted octanol–water partition coefficient (Wildman–Crippen LogP) is 5.46. The number of aryl methyl sites for hydroxylation is 1. The SMILES string of the molecule is COc1ccccc1C(=O)Nc1ccc(O)c(-c2cc(C3CC3)n(C(=O)NCc3cccc(C)c3)n2)c1. The molecule has 1 heterocycles. The molecular formula is C29H28N4O4. The summed E-state index contributed by atoms with van der Waals surface area (Å²) in [6.07, 6.45) is 1.97. The van der Waals surface area contributed by atoms with Gasteiger partial charge in [0.1, 0.15) is 11.5 Å². The highest BCUT2D eigenvalue weighted by molar-refractivity contribution is 6.06. The van der Waals surface area contributed by atoms with Gasteiger partial charge in [-0.05, 0) is 61.7 Å². The third-order valence-electron chi connectivity index (χ3n) is 6.33. The minimum Gasteiger partial charge on any atom is -0.507 e. The van der Waals surface area contributed by atoms with Gasteiger partial charge in [-0.1, -0.05) is 42.0 Å². The summed E-state index contributed by atoms with van der Waals surface area (Å²) in [5.74, 6) is 0.376. The Bertz CT molecular complexity index is 1470. The zero-order valence-electron chi connectivity index (χ0n) is 20.7. The Morgan fingerprint density at radius 3 is 2.62 bits per heavy atom. The van der Waals surface area contributed by atoms with Crippen molar-refractivity contribution >= 4 is 17.6 Å². The highest BCUT2D eigenvalue weighted by Gasteiger charge is 2.31. The minimum atomic E-state index is -0.339. The lowest BCUT2D eigenvalue weighted by atomic mass is 10.1. The minimum absolute atomic E-state index is 0.00227. The maximum atomic E-state index is 13.1. The molecule has 188 valence electrons. The van der Waals surface area contributed by atoms with Crippen molar-refractivity contribution in [3.63, 3.8) is 0 Å². The van der Waals surface area contributed by atoms with Crippen molar-refractivity contribution in [1.29, 1.82) is 0 Å². The van der Waals surface area contributed by atoms with Gasteiger partial charge >= 0.3 is 6.03 Å². The second kappa shape index (κ2) is 10.2. The van der Waals surface area contributed by atoms with Crippen LogP contribution >= 0.6 is 0 Å². The van der Waals surface area contributed by atoms with Crippen molar-refractivity contribution in [2.24, 2.45) is 0 Å². The van der Waals surface area contributed by atoms with Crippen molar-refractivity contribution < 1.29 is 19.4 Å². The van der Waals surface area contributed by atoms with Crippen LogP contribution in [-0.4, -0.2) is 33.9 Å². The number of phenols is 1. The Hall–Kier alpha value is -4.59. The molecule has 1 aliphatic carbocycles. The standard InChI is InChI=1S/C29H28N4O4/c1-18-6-5-7-19(14-18)17-30-29(36)33-25(20-10-11-20)16-24(32-33)23-15-21(12-13-26(23)34)31-28(35)22-8-3-4-9-27(22)37-2/h3-9,12-16,20,34H,10-11,17H2,1-2H3,(H,30,36)(H,31,35).